The Labute approximate surface area is 359 Å². The number of carbonyl (C=O) groups is 4. The van der Waals surface area contributed by atoms with E-state index in [9.17, 15) is 33.6 Å². The van der Waals surface area contributed by atoms with Gasteiger partial charge < -0.3 is 30.2 Å². The molecule has 4 fully saturated rings. The van der Waals surface area contributed by atoms with Crippen molar-refractivity contribution in [2.75, 3.05) is 37.6 Å². The topological polar surface area (TPSA) is 177 Å². The minimum atomic E-state index is -0.882. The van der Waals surface area contributed by atoms with Crippen molar-refractivity contribution in [2.45, 2.75) is 71.6 Å². The lowest BCUT2D eigenvalue weighted by molar-refractivity contribution is -0.163. The molecule has 62 heavy (non-hydrogen) atoms. The number of imide groups is 1. The standard InChI is InChI=1S/C48H50FN7O6/c1-47(2)45(48(3,4)46(47)62-38-16-10-32(24-50)41-35(38)14-17-39(57)52-41)54-42(59)31-8-11-33(12-9-31)56-21-19-29(20-22-56)25-55-26-30(27-55)6-5-28-7-13-34(36(49)23-28)43(60)51-37-15-18-40(58)53-44(37)61/h7-14,16-17,23,29-30,37,45-46H,15,18-22,25-27H2,1-4H3,(H,51,60)(H,52,57)(H,54,59)(H,53,58,61). The number of nitriles is 1. The highest BCUT2D eigenvalue weighted by Gasteiger charge is 2.64. The van der Waals surface area contributed by atoms with Crippen molar-refractivity contribution < 1.29 is 28.3 Å². The number of carbonyl (C=O) groups excluding carboxylic acids is 4. The summed E-state index contributed by atoms with van der Waals surface area (Å²) < 4.78 is 21.4. The van der Waals surface area contributed by atoms with Crippen LogP contribution in [0.5, 0.6) is 5.75 Å². The normalized spacial score (nSPS) is 22.3. The first-order valence-corrected chi connectivity index (χ1v) is 21.2. The number of pyridine rings is 1. The van der Waals surface area contributed by atoms with Gasteiger partial charge in [0.15, 0.2) is 0 Å². The average molecular weight is 840 g/mol. The second-order valence-electron chi connectivity index (χ2n) is 18.2. The Bertz CT molecular complexity index is 2590. The molecule has 1 atom stereocenters. The Kier molecular flexibility index (Phi) is 11.4. The molecule has 4 heterocycles. The fourth-order valence-corrected chi connectivity index (χ4v) is 9.96. The molecule has 1 aliphatic carbocycles. The van der Waals surface area contributed by atoms with Gasteiger partial charge in [-0.05, 0) is 85.8 Å². The molecule has 0 bridgehead atoms. The first-order valence-electron chi connectivity index (χ1n) is 21.2. The summed E-state index contributed by atoms with van der Waals surface area (Å²) in [6.45, 7) is 12.9. The van der Waals surface area contributed by atoms with Crippen LogP contribution < -0.4 is 31.1 Å². The van der Waals surface area contributed by atoms with Crippen LogP contribution in [0.3, 0.4) is 0 Å². The molecule has 0 radical (unpaired) electrons. The minimum Gasteiger partial charge on any atom is -0.488 e. The summed E-state index contributed by atoms with van der Waals surface area (Å²) in [4.78, 5) is 69.1. The number of rotatable bonds is 9. The number of piperidine rings is 2. The summed E-state index contributed by atoms with van der Waals surface area (Å²) in [6, 6.07) is 19.6. The van der Waals surface area contributed by atoms with Crippen LogP contribution >= 0.6 is 0 Å². The van der Waals surface area contributed by atoms with Crippen molar-refractivity contribution in [3.63, 3.8) is 0 Å². The molecular formula is C48H50FN7O6. The van der Waals surface area contributed by atoms with Gasteiger partial charge in [-0.2, -0.15) is 5.26 Å². The second-order valence-corrected chi connectivity index (χ2v) is 18.2. The number of nitrogens with one attached hydrogen (secondary N) is 4. The highest BCUT2D eigenvalue weighted by Crippen LogP contribution is 2.56. The number of hydrogen-bond acceptors (Lipinski definition) is 9. The quantitative estimate of drug-likeness (QED) is 0.135. The van der Waals surface area contributed by atoms with Crippen molar-refractivity contribution >= 4 is 40.2 Å². The van der Waals surface area contributed by atoms with E-state index in [2.05, 4.69) is 76.3 Å². The zero-order valence-electron chi connectivity index (χ0n) is 35.3. The van der Waals surface area contributed by atoms with Gasteiger partial charge in [0.25, 0.3) is 11.8 Å². The maximum Gasteiger partial charge on any atom is 0.254 e. The summed E-state index contributed by atoms with van der Waals surface area (Å²) in [5.74, 6) is 5.05. The molecule has 4 amide bonds. The summed E-state index contributed by atoms with van der Waals surface area (Å²) in [5.41, 5.74) is 1.65. The predicted molar refractivity (Wildman–Crippen MR) is 231 cm³/mol. The van der Waals surface area contributed by atoms with E-state index < -0.39 is 40.4 Å². The Morgan fingerprint density at radius 3 is 2.31 bits per heavy atom. The number of aromatic amines is 1. The zero-order valence-corrected chi connectivity index (χ0v) is 35.3. The van der Waals surface area contributed by atoms with Gasteiger partial charge in [-0.25, -0.2) is 4.39 Å². The molecule has 3 aromatic carbocycles. The van der Waals surface area contributed by atoms with E-state index in [1.54, 1.807) is 24.3 Å². The molecule has 4 N–H and O–H groups in total. The van der Waals surface area contributed by atoms with E-state index in [1.165, 1.54) is 18.2 Å². The highest BCUT2D eigenvalue weighted by atomic mass is 19.1. The summed E-state index contributed by atoms with van der Waals surface area (Å²) in [7, 11) is 0. The molecule has 13 nitrogen and oxygen atoms in total. The Balaban J connectivity index is 0.777. The molecule has 8 rings (SSSR count). The van der Waals surface area contributed by atoms with Crippen LogP contribution in [0, 0.1) is 51.7 Å². The molecule has 0 spiro atoms. The average Bonchev–Trinajstić information content (AvgIpc) is 3.23. The number of halogens is 1. The Hall–Kier alpha value is -6.51. The number of aromatic nitrogens is 1. The molecule has 3 saturated heterocycles. The summed E-state index contributed by atoms with van der Waals surface area (Å²) in [6.07, 6.45) is 2.15. The third-order valence-corrected chi connectivity index (χ3v) is 13.1. The maximum absolute atomic E-state index is 14.8. The van der Waals surface area contributed by atoms with Crippen molar-refractivity contribution in [1.29, 1.82) is 5.26 Å². The van der Waals surface area contributed by atoms with E-state index in [4.69, 9.17) is 4.74 Å². The predicted octanol–water partition coefficient (Wildman–Crippen LogP) is 4.89. The van der Waals surface area contributed by atoms with E-state index in [0.29, 0.717) is 39.3 Å². The second kappa shape index (κ2) is 16.7. The number of likely N-dealkylation sites (tertiary alicyclic amines) is 1. The van der Waals surface area contributed by atoms with Crippen molar-refractivity contribution in [1.82, 2.24) is 25.8 Å². The van der Waals surface area contributed by atoms with Crippen LogP contribution in [0.15, 0.2) is 71.5 Å². The van der Waals surface area contributed by atoms with E-state index >= 15 is 0 Å². The number of nitrogens with zero attached hydrogens (tertiary/aromatic N) is 3. The van der Waals surface area contributed by atoms with Crippen LogP contribution in [0.2, 0.25) is 0 Å². The number of H-pyrrole nitrogens is 1. The minimum absolute atomic E-state index is 0.112. The van der Waals surface area contributed by atoms with E-state index in [0.717, 1.165) is 51.3 Å². The number of amides is 4. The molecule has 4 aliphatic rings. The zero-order chi connectivity index (χ0) is 43.9. The van der Waals surface area contributed by atoms with Crippen LogP contribution in [0.25, 0.3) is 10.9 Å². The molecule has 1 saturated carbocycles. The first kappa shape index (κ1) is 42.2. The Morgan fingerprint density at radius 1 is 0.903 bits per heavy atom. The monoisotopic (exact) mass is 839 g/mol. The van der Waals surface area contributed by atoms with Gasteiger partial charge in [-0.1, -0.05) is 39.5 Å². The maximum atomic E-state index is 14.8. The summed E-state index contributed by atoms with van der Waals surface area (Å²) in [5, 5.41) is 18.2. The van der Waals surface area contributed by atoms with E-state index in [1.807, 2.05) is 24.3 Å². The van der Waals surface area contributed by atoms with Gasteiger partial charge in [0.1, 0.15) is 29.8 Å². The summed E-state index contributed by atoms with van der Waals surface area (Å²) >= 11 is 0. The number of fused-ring (bicyclic) bond motifs is 1. The number of benzene rings is 3. The fourth-order valence-electron chi connectivity index (χ4n) is 9.96. The SMILES string of the molecule is CC1(C)C(NC(=O)c2ccc(N3CCC(CN4CC(C#Cc5ccc(C(=O)NC6CCC(=O)NC6=O)c(F)c5)C4)CC3)cc2)C(C)(C)C1Oc1ccc(C#N)c2[nH]c(=O)ccc12. The number of anilines is 1. The molecule has 14 heteroatoms. The number of hydrogen-bond donors (Lipinski definition) is 4. The lowest BCUT2D eigenvalue weighted by Gasteiger charge is -2.63. The van der Waals surface area contributed by atoms with Crippen LogP contribution in [0.4, 0.5) is 10.1 Å². The van der Waals surface area contributed by atoms with Gasteiger partial charge >= 0.3 is 0 Å². The van der Waals surface area contributed by atoms with Gasteiger partial charge in [0, 0.05) is 90.2 Å². The third kappa shape index (κ3) is 8.40. The molecule has 1 unspecified atom stereocenters. The van der Waals surface area contributed by atoms with E-state index in [-0.39, 0.29) is 47.9 Å². The van der Waals surface area contributed by atoms with Crippen molar-refractivity contribution in [3.8, 4) is 23.7 Å². The molecule has 1 aromatic heterocycles. The van der Waals surface area contributed by atoms with Crippen molar-refractivity contribution in [3.05, 3.63) is 105 Å². The Morgan fingerprint density at radius 2 is 1.63 bits per heavy atom. The first-order chi connectivity index (χ1) is 29.6. The van der Waals surface area contributed by atoms with Gasteiger partial charge in [-0.15, -0.1) is 0 Å². The number of ether oxygens (including phenoxy) is 1. The highest BCUT2D eigenvalue weighted by molar-refractivity contribution is 6.04. The van der Waals surface area contributed by atoms with Crippen LogP contribution in [-0.2, 0) is 9.59 Å². The van der Waals surface area contributed by atoms with Crippen LogP contribution in [-0.4, -0.2) is 84.4 Å². The third-order valence-electron chi connectivity index (χ3n) is 13.1. The van der Waals surface area contributed by atoms with Gasteiger partial charge in [0.05, 0.1) is 16.6 Å². The lowest BCUT2D eigenvalue weighted by atomic mass is 9.49. The fraction of sp³-hybridized carbons (Fsp3) is 0.417. The van der Waals surface area contributed by atoms with Crippen LogP contribution in [0.1, 0.15) is 85.2 Å². The van der Waals surface area contributed by atoms with Gasteiger partial charge in [-0.3, -0.25) is 29.3 Å². The van der Waals surface area contributed by atoms with Crippen molar-refractivity contribution in [2.24, 2.45) is 22.7 Å². The molecular weight excluding hydrogens is 790 g/mol. The molecule has 320 valence electrons. The van der Waals surface area contributed by atoms with Gasteiger partial charge in [0.2, 0.25) is 17.4 Å². The lowest BCUT2D eigenvalue weighted by Crippen LogP contribution is -2.74. The largest absolute Gasteiger partial charge is 0.488 e. The smallest absolute Gasteiger partial charge is 0.254 e. The molecule has 3 aliphatic heterocycles. The molecule has 4 aromatic rings.